The van der Waals surface area contributed by atoms with Gasteiger partial charge in [0.05, 0.1) is 31.0 Å². The summed E-state index contributed by atoms with van der Waals surface area (Å²) in [6.07, 6.45) is 1.53. The van der Waals surface area contributed by atoms with Crippen LogP contribution in [0, 0.1) is 11.3 Å². The largest absolute Gasteiger partial charge is 0.493 e. The van der Waals surface area contributed by atoms with Crippen LogP contribution in [-0.4, -0.2) is 19.2 Å². The number of aromatic nitrogens is 1. The molecule has 1 heterocycles. The summed E-state index contributed by atoms with van der Waals surface area (Å²) in [6, 6.07) is 11.0. The number of fused-ring (bicyclic) bond motifs is 1. The quantitative estimate of drug-likeness (QED) is 0.663. The predicted octanol–water partition coefficient (Wildman–Crippen LogP) is 5.04. The zero-order valence-corrected chi connectivity index (χ0v) is 15.6. The number of anilines is 1. The van der Waals surface area contributed by atoms with Crippen LogP contribution in [0.4, 0.5) is 5.69 Å². The maximum absolute atomic E-state index is 9.46. The Morgan fingerprint density at radius 1 is 1.12 bits per heavy atom. The van der Waals surface area contributed by atoms with Crippen LogP contribution in [0.25, 0.3) is 10.9 Å². The third-order valence-electron chi connectivity index (χ3n) is 3.96. The van der Waals surface area contributed by atoms with E-state index in [9.17, 15) is 5.26 Å². The molecule has 132 valence electrons. The summed E-state index contributed by atoms with van der Waals surface area (Å²) >= 11 is 12.2. The Kier molecular flexibility index (Phi) is 5.36. The number of nitrogens with zero attached hydrogens (tertiary/aromatic N) is 2. The number of benzene rings is 2. The fourth-order valence-corrected chi connectivity index (χ4v) is 3.12. The van der Waals surface area contributed by atoms with Crippen LogP contribution in [0.15, 0.2) is 36.5 Å². The van der Waals surface area contributed by atoms with Gasteiger partial charge in [0.1, 0.15) is 6.07 Å². The molecule has 7 heteroatoms. The van der Waals surface area contributed by atoms with E-state index in [0.717, 1.165) is 10.9 Å². The molecule has 26 heavy (non-hydrogen) atoms. The molecule has 0 fully saturated rings. The van der Waals surface area contributed by atoms with E-state index in [1.165, 1.54) is 6.20 Å². The molecule has 0 bridgehead atoms. The summed E-state index contributed by atoms with van der Waals surface area (Å²) in [6.45, 7) is 0.429. The van der Waals surface area contributed by atoms with E-state index < -0.39 is 0 Å². The molecule has 0 aliphatic rings. The van der Waals surface area contributed by atoms with E-state index in [1.807, 2.05) is 6.07 Å². The Morgan fingerprint density at radius 2 is 1.85 bits per heavy atom. The van der Waals surface area contributed by atoms with Gasteiger partial charge >= 0.3 is 0 Å². The molecule has 1 N–H and O–H groups in total. The highest BCUT2D eigenvalue weighted by Crippen LogP contribution is 2.36. The fourth-order valence-electron chi connectivity index (χ4n) is 2.64. The Bertz CT molecular complexity index is 1020. The lowest BCUT2D eigenvalue weighted by molar-refractivity contribution is 0.356. The molecular weight excluding hydrogens is 373 g/mol. The molecule has 0 saturated heterocycles. The normalized spacial score (nSPS) is 10.4. The number of nitrogens with one attached hydrogen (secondary N) is 1. The first-order valence-electron chi connectivity index (χ1n) is 7.70. The first-order chi connectivity index (χ1) is 12.6. The van der Waals surface area contributed by atoms with E-state index >= 15 is 0 Å². The second-order valence-electron chi connectivity index (χ2n) is 5.47. The number of ether oxygens (including phenoxy) is 2. The van der Waals surface area contributed by atoms with Gasteiger partial charge in [0, 0.05) is 34.2 Å². The summed E-state index contributed by atoms with van der Waals surface area (Å²) in [5.74, 6) is 1.13. The molecule has 0 aliphatic carbocycles. The number of nitriles is 1. The highest BCUT2D eigenvalue weighted by Gasteiger charge is 2.14. The summed E-state index contributed by atoms with van der Waals surface area (Å²) in [5.41, 5.74) is 2.64. The van der Waals surface area contributed by atoms with Gasteiger partial charge in [-0.2, -0.15) is 5.26 Å². The van der Waals surface area contributed by atoms with Crippen molar-refractivity contribution in [2.75, 3.05) is 19.5 Å². The van der Waals surface area contributed by atoms with Crippen molar-refractivity contribution in [2.24, 2.45) is 0 Å². The number of pyridine rings is 1. The Hall–Kier alpha value is -2.68. The minimum atomic E-state index is 0.426. The van der Waals surface area contributed by atoms with Crippen molar-refractivity contribution in [1.29, 1.82) is 5.26 Å². The van der Waals surface area contributed by atoms with Crippen molar-refractivity contribution in [3.8, 4) is 17.6 Å². The van der Waals surface area contributed by atoms with Crippen molar-refractivity contribution in [3.63, 3.8) is 0 Å². The van der Waals surface area contributed by atoms with Gasteiger partial charge in [0.2, 0.25) is 0 Å². The lowest BCUT2D eigenvalue weighted by Gasteiger charge is -2.15. The number of halogens is 2. The van der Waals surface area contributed by atoms with Crippen LogP contribution in [0.5, 0.6) is 11.5 Å². The molecule has 0 aliphatic heterocycles. The molecule has 1 aromatic heterocycles. The van der Waals surface area contributed by atoms with Crippen LogP contribution in [0.2, 0.25) is 10.0 Å². The van der Waals surface area contributed by atoms with Gasteiger partial charge in [0.15, 0.2) is 11.5 Å². The van der Waals surface area contributed by atoms with Crippen molar-refractivity contribution < 1.29 is 9.47 Å². The van der Waals surface area contributed by atoms with Crippen LogP contribution >= 0.6 is 23.2 Å². The summed E-state index contributed by atoms with van der Waals surface area (Å²) in [4.78, 5) is 4.34. The standard InChI is InChI=1S/C19H15Cl2N3O2/c1-25-17-6-14-16(7-18(17)26-2)23-10-12(8-22)19(14)24-9-11-3-4-13(20)5-15(11)21/h3-7,10H,9H2,1-2H3,(H,23,24). The zero-order chi connectivity index (χ0) is 18.7. The molecule has 0 amide bonds. The molecule has 3 rings (SSSR count). The number of methoxy groups -OCH3 is 2. The molecule has 3 aromatic rings. The monoisotopic (exact) mass is 387 g/mol. The van der Waals surface area contributed by atoms with Crippen LogP contribution < -0.4 is 14.8 Å². The summed E-state index contributed by atoms with van der Waals surface area (Å²) in [7, 11) is 3.13. The van der Waals surface area contributed by atoms with Crippen molar-refractivity contribution in [1.82, 2.24) is 4.98 Å². The number of hydrogen-bond donors (Lipinski definition) is 1. The second-order valence-corrected chi connectivity index (χ2v) is 6.32. The minimum absolute atomic E-state index is 0.426. The number of rotatable bonds is 5. The summed E-state index contributed by atoms with van der Waals surface area (Å²) in [5, 5.41) is 14.6. The maximum atomic E-state index is 9.46. The van der Waals surface area contributed by atoms with Gasteiger partial charge in [0.25, 0.3) is 0 Å². The fraction of sp³-hybridized carbons (Fsp3) is 0.158. The lowest BCUT2D eigenvalue weighted by Crippen LogP contribution is -2.04. The van der Waals surface area contributed by atoms with E-state index in [0.29, 0.717) is 44.9 Å². The topological polar surface area (TPSA) is 67.2 Å². The average Bonchev–Trinajstić information content (AvgIpc) is 2.65. The second kappa shape index (κ2) is 7.69. The molecule has 0 radical (unpaired) electrons. The van der Waals surface area contributed by atoms with Crippen molar-refractivity contribution in [2.45, 2.75) is 6.54 Å². The lowest BCUT2D eigenvalue weighted by atomic mass is 10.1. The Morgan fingerprint density at radius 3 is 2.50 bits per heavy atom. The van der Waals surface area contributed by atoms with E-state index in [1.54, 1.807) is 38.5 Å². The molecule has 0 saturated carbocycles. The van der Waals surface area contributed by atoms with Gasteiger partial charge < -0.3 is 14.8 Å². The smallest absolute Gasteiger partial charge is 0.162 e. The average molecular weight is 388 g/mol. The van der Waals surface area contributed by atoms with E-state index in [2.05, 4.69) is 16.4 Å². The Labute approximate surface area is 161 Å². The van der Waals surface area contributed by atoms with Gasteiger partial charge in [-0.15, -0.1) is 0 Å². The third kappa shape index (κ3) is 3.48. The third-order valence-corrected chi connectivity index (χ3v) is 4.55. The van der Waals surface area contributed by atoms with Crippen LogP contribution in [0.1, 0.15) is 11.1 Å². The minimum Gasteiger partial charge on any atom is -0.493 e. The molecule has 0 spiro atoms. The van der Waals surface area contributed by atoms with Crippen LogP contribution in [0.3, 0.4) is 0 Å². The highest BCUT2D eigenvalue weighted by molar-refractivity contribution is 6.35. The Balaban J connectivity index is 2.06. The molecule has 5 nitrogen and oxygen atoms in total. The van der Waals surface area contributed by atoms with Gasteiger partial charge in [-0.25, -0.2) is 0 Å². The van der Waals surface area contributed by atoms with Crippen LogP contribution in [-0.2, 0) is 6.54 Å². The predicted molar refractivity (Wildman–Crippen MR) is 103 cm³/mol. The van der Waals surface area contributed by atoms with Gasteiger partial charge in [-0.05, 0) is 23.8 Å². The molecule has 0 atom stereocenters. The van der Waals surface area contributed by atoms with Gasteiger partial charge in [-0.1, -0.05) is 29.3 Å². The van der Waals surface area contributed by atoms with E-state index in [4.69, 9.17) is 32.7 Å². The zero-order valence-electron chi connectivity index (χ0n) is 14.1. The summed E-state index contributed by atoms with van der Waals surface area (Å²) < 4.78 is 10.7. The van der Waals surface area contributed by atoms with E-state index in [-0.39, 0.29) is 0 Å². The SMILES string of the molecule is COc1cc2ncc(C#N)c(NCc3ccc(Cl)cc3Cl)c2cc1OC. The number of hydrogen-bond acceptors (Lipinski definition) is 5. The first-order valence-corrected chi connectivity index (χ1v) is 8.45. The molecule has 2 aromatic carbocycles. The highest BCUT2D eigenvalue weighted by atomic mass is 35.5. The van der Waals surface area contributed by atoms with Crippen molar-refractivity contribution >= 4 is 39.8 Å². The first kappa shape index (κ1) is 18.1. The van der Waals surface area contributed by atoms with Gasteiger partial charge in [-0.3, -0.25) is 4.98 Å². The maximum Gasteiger partial charge on any atom is 0.162 e. The van der Waals surface area contributed by atoms with Crippen molar-refractivity contribution in [3.05, 3.63) is 57.7 Å². The molecule has 0 unspecified atom stereocenters. The molecular formula is C19H15Cl2N3O2.